The fourth-order valence-corrected chi connectivity index (χ4v) is 2.50. The van der Waals surface area contributed by atoms with Crippen molar-refractivity contribution in [2.24, 2.45) is 0 Å². The van der Waals surface area contributed by atoms with Gasteiger partial charge in [-0.15, -0.1) is 0 Å². The number of aromatic nitrogens is 2. The van der Waals surface area contributed by atoms with Crippen molar-refractivity contribution in [1.29, 1.82) is 0 Å². The van der Waals surface area contributed by atoms with Gasteiger partial charge in [0.25, 0.3) is 0 Å². The number of phenols is 1. The van der Waals surface area contributed by atoms with Gasteiger partial charge in [-0.3, -0.25) is 0 Å². The van der Waals surface area contributed by atoms with Gasteiger partial charge in [-0.05, 0) is 40.2 Å². The van der Waals surface area contributed by atoms with Gasteiger partial charge in [-0.1, -0.05) is 23.7 Å². The normalized spacial score (nSPS) is 11.0. The van der Waals surface area contributed by atoms with E-state index >= 15 is 0 Å². The van der Waals surface area contributed by atoms with Crippen molar-refractivity contribution in [3.8, 4) is 17.1 Å². The molecule has 1 aromatic heterocycles. The molecule has 0 radical (unpaired) electrons. The van der Waals surface area contributed by atoms with Gasteiger partial charge >= 0.3 is 0 Å². The van der Waals surface area contributed by atoms with Crippen molar-refractivity contribution < 1.29 is 5.11 Å². The average Bonchev–Trinajstić information content (AvgIpc) is 2.77. The van der Waals surface area contributed by atoms with Crippen LogP contribution in [-0.4, -0.2) is 15.1 Å². The molecule has 0 saturated carbocycles. The van der Waals surface area contributed by atoms with E-state index in [0.29, 0.717) is 16.4 Å². The maximum atomic E-state index is 10.0. The molecular weight excluding hydrogens is 316 g/mol. The SMILES string of the molecule is Oc1c(Cl)ccc(Br)c1-c1nc2ccccc2[nH]1. The quantitative estimate of drug-likeness (QED) is 0.699. The van der Waals surface area contributed by atoms with E-state index in [1.807, 2.05) is 24.3 Å². The van der Waals surface area contributed by atoms with E-state index in [0.717, 1.165) is 15.5 Å². The molecule has 3 rings (SSSR count). The third-order valence-electron chi connectivity index (χ3n) is 2.70. The van der Waals surface area contributed by atoms with Gasteiger partial charge in [0.2, 0.25) is 0 Å². The van der Waals surface area contributed by atoms with E-state index in [9.17, 15) is 5.11 Å². The van der Waals surface area contributed by atoms with Crippen molar-refractivity contribution >= 4 is 38.6 Å². The number of nitrogens with one attached hydrogen (secondary N) is 1. The molecule has 0 aliphatic carbocycles. The van der Waals surface area contributed by atoms with Gasteiger partial charge in [-0.2, -0.15) is 0 Å². The lowest BCUT2D eigenvalue weighted by Gasteiger charge is -2.05. The second kappa shape index (κ2) is 4.30. The largest absolute Gasteiger partial charge is 0.506 e. The summed E-state index contributed by atoms with van der Waals surface area (Å²) in [5.74, 6) is 0.605. The predicted molar refractivity (Wildman–Crippen MR) is 75.9 cm³/mol. The molecular formula is C13H8BrClN2O. The minimum absolute atomic E-state index is 0.0186. The summed E-state index contributed by atoms with van der Waals surface area (Å²) >= 11 is 9.32. The number of aromatic hydroxyl groups is 1. The Balaban J connectivity index is 2.29. The lowest BCUT2D eigenvalue weighted by atomic mass is 10.2. The predicted octanol–water partition coefficient (Wildman–Crippen LogP) is 4.35. The topological polar surface area (TPSA) is 48.9 Å². The van der Waals surface area contributed by atoms with E-state index in [-0.39, 0.29) is 5.75 Å². The Labute approximate surface area is 117 Å². The number of imidazole rings is 1. The Bertz CT molecular complexity index is 706. The first kappa shape index (κ1) is 11.6. The number of nitrogens with zero attached hydrogens (tertiary/aromatic N) is 1. The zero-order valence-electron chi connectivity index (χ0n) is 9.11. The minimum atomic E-state index is 0.0186. The third kappa shape index (κ3) is 1.78. The first-order chi connectivity index (χ1) is 8.66. The lowest BCUT2D eigenvalue weighted by molar-refractivity contribution is 0.477. The van der Waals surface area contributed by atoms with Crippen LogP contribution >= 0.6 is 27.5 Å². The molecule has 1 heterocycles. The van der Waals surface area contributed by atoms with Gasteiger partial charge in [0, 0.05) is 4.47 Å². The Morgan fingerprint density at radius 2 is 1.94 bits per heavy atom. The number of fused-ring (bicyclic) bond motifs is 1. The van der Waals surface area contributed by atoms with Crippen molar-refractivity contribution in [2.75, 3.05) is 0 Å². The van der Waals surface area contributed by atoms with Crippen LogP contribution in [0, 0.1) is 0 Å². The number of phenolic OH excluding ortho intramolecular Hbond substituents is 1. The number of aromatic amines is 1. The first-order valence-corrected chi connectivity index (χ1v) is 6.46. The van der Waals surface area contributed by atoms with Crippen molar-refractivity contribution in [3.63, 3.8) is 0 Å². The summed E-state index contributed by atoms with van der Waals surface area (Å²) < 4.78 is 0.739. The molecule has 0 bridgehead atoms. The summed E-state index contributed by atoms with van der Waals surface area (Å²) in [4.78, 5) is 7.60. The zero-order valence-corrected chi connectivity index (χ0v) is 11.5. The van der Waals surface area contributed by atoms with Crippen LogP contribution < -0.4 is 0 Å². The lowest BCUT2D eigenvalue weighted by Crippen LogP contribution is -1.84. The molecule has 3 nitrogen and oxygen atoms in total. The van der Waals surface area contributed by atoms with Crippen LogP contribution in [0.4, 0.5) is 0 Å². The molecule has 5 heteroatoms. The zero-order chi connectivity index (χ0) is 12.7. The number of hydrogen-bond acceptors (Lipinski definition) is 2. The molecule has 18 heavy (non-hydrogen) atoms. The van der Waals surface area contributed by atoms with E-state index in [1.165, 1.54) is 0 Å². The number of benzene rings is 2. The Kier molecular flexibility index (Phi) is 2.76. The highest BCUT2D eigenvalue weighted by Crippen LogP contribution is 2.39. The molecule has 0 aliphatic heterocycles. The van der Waals surface area contributed by atoms with Crippen molar-refractivity contribution in [3.05, 3.63) is 45.9 Å². The highest BCUT2D eigenvalue weighted by atomic mass is 79.9. The molecule has 0 amide bonds. The van der Waals surface area contributed by atoms with E-state index in [2.05, 4.69) is 25.9 Å². The monoisotopic (exact) mass is 322 g/mol. The highest BCUT2D eigenvalue weighted by molar-refractivity contribution is 9.10. The van der Waals surface area contributed by atoms with Crippen LogP contribution in [0.3, 0.4) is 0 Å². The van der Waals surface area contributed by atoms with Gasteiger partial charge in [0.1, 0.15) is 11.6 Å². The molecule has 90 valence electrons. The van der Waals surface area contributed by atoms with Gasteiger partial charge in [0.15, 0.2) is 0 Å². The molecule has 2 aromatic carbocycles. The van der Waals surface area contributed by atoms with Crippen molar-refractivity contribution in [2.45, 2.75) is 0 Å². The summed E-state index contributed by atoms with van der Waals surface area (Å²) in [5.41, 5.74) is 2.33. The van der Waals surface area contributed by atoms with E-state index in [4.69, 9.17) is 11.6 Å². The Morgan fingerprint density at radius 3 is 2.72 bits per heavy atom. The minimum Gasteiger partial charge on any atom is -0.506 e. The maximum Gasteiger partial charge on any atom is 0.146 e. The molecule has 0 atom stereocenters. The summed E-state index contributed by atoms with van der Waals surface area (Å²) in [7, 11) is 0. The molecule has 0 unspecified atom stereocenters. The molecule has 0 aliphatic rings. The first-order valence-electron chi connectivity index (χ1n) is 5.29. The second-order valence-corrected chi connectivity index (χ2v) is 5.12. The standard InChI is InChI=1S/C13H8BrClN2O/c14-7-5-6-8(15)12(18)11(7)13-16-9-3-1-2-4-10(9)17-13/h1-6,18H,(H,16,17). The molecule has 0 spiro atoms. The fourth-order valence-electron chi connectivity index (χ4n) is 1.84. The molecule has 3 aromatic rings. The number of rotatable bonds is 1. The second-order valence-electron chi connectivity index (χ2n) is 3.86. The van der Waals surface area contributed by atoms with Crippen LogP contribution in [-0.2, 0) is 0 Å². The van der Waals surface area contributed by atoms with Crippen LogP contribution in [0.2, 0.25) is 5.02 Å². The van der Waals surface area contributed by atoms with Crippen molar-refractivity contribution in [1.82, 2.24) is 9.97 Å². The van der Waals surface area contributed by atoms with Crippen LogP contribution in [0.1, 0.15) is 0 Å². The number of H-pyrrole nitrogens is 1. The Hall–Kier alpha value is -1.52. The summed E-state index contributed by atoms with van der Waals surface area (Å²) in [6, 6.07) is 11.1. The molecule has 2 N–H and O–H groups in total. The van der Waals surface area contributed by atoms with Crippen LogP contribution in [0.25, 0.3) is 22.4 Å². The molecule has 0 saturated heterocycles. The number of hydrogen-bond donors (Lipinski definition) is 2. The summed E-state index contributed by atoms with van der Waals surface area (Å²) in [6.07, 6.45) is 0. The number of para-hydroxylation sites is 2. The van der Waals surface area contributed by atoms with Gasteiger partial charge < -0.3 is 10.1 Å². The Morgan fingerprint density at radius 1 is 1.17 bits per heavy atom. The van der Waals surface area contributed by atoms with Crippen LogP contribution in [0.5, 0.6) is 5.75 Å². The van der Waals surface area contributed by atoms with Crippen LogP contribution in [0.15, 0.2) is 40.9 Å². The summed E-state index contributed by atoms with van der Waals surface area (Å²) in [6.45, 7) is 0. The number of halogens is 2. The molecule has 0 fully saturated rings. The summed E-state index contributed by atoms with van der Waals surface area (Å²) in [5, 5.41) is 10.3. The maximum absolute atomic E-state index is 10.0. The van der Waals surface area contributed by atoms with E-state index < -0.39 is 0 Å². The highest BCUT2D eigenvalue weighted by Gasteiger charge is 2.15. The van der Waals surface area contributed by atoms with Gasteiger partial charge in [0.05, 0.1) is 21.6 Å². The van der Waals surface area contributed by atoms with Gasteiger partial charge in [-0.25, -0.2) is 4.98 Å². The smallest absolute Gasteiger partial charge is 0.146 e. The van der Waals surface area contributed by atoms with E-state index in [1.54, 1.807) is 12.1 Å². The fraction of sp³-hybridized carbons (Fsp3) is 0. The average molecular weight is 324 g/mol. The third-order valence-corrected chi connectivity index (χ3v) is 3.67.